The van der Waals surface area contributed by atoms with Crippen LogP contribution in [-0.2, 0) is 18.4 Å². The van der Waals surface area contributed by atoms with Crippen LogP contribution in [0.2, 0.25) is 0 Å². The smallest absolute Gasteiger partial charge is 0.408 e. The number of carbonyl (C=O) groups is 3. The third-order valence-electron chi connectivity index (χ3n) is 11.6. The monoisotopic (exact) mass is 582 g/mol. The van der Waals surface area contributed by atoms with E-state index in [2.05, 4.69) is 31.0 Å². The molecule has 13 nitrogen and oxygen atoms in total. The van der Waals surface area contributed by atoms with Gasteiger partial charge in [-0.2, -0.15) is 5.10 Å². The molecule has 3 amide bonds. The lowest BCUT2D eigenvalue weighted by Gasteiger charge is -3.11. The number of aromatic nitrogens is 4. The number of nitrogens with one attached hydrogen (secondary N) is 3. The third-order valence-corrected chi connectivity index (χ3v) is 11.6. The summed E-state index contributed by atoms with van der Waals surface area (Å²) in [6, 6.07) is 6.43. The van der Waals surface area contributed by atoms with Crippen molar-refractivity contribution in [3.8, 4) is 0 Å². The summed E-state index contributed by atoms with van der Waals surface area (Å²) in [6.45, 7) is 0.846. The second-order valence-electron chi connectivity index (χ2n) is 12.8. The van der Waals surface area contributed by atoms with Gasteiger partial charge in [-0.3, -0.25) is 23.9 Å². The molecule has 0 radical (unpaired) electrons. The highest BCUT2D eigenvalue weighted by atomic mass is 19.1. The molecule has 4 aromatic rings. The SMILES string of the molecule is Cn1c(=O)oc2ccc(CNC(=O)c3cc(C(=O)NCC45C6C7C4C4C5C6C74C4=NCC(=O)N4)n4ncc(F)c4n3)cc21. The first kappa shape index (κ1) is 23.7. The maximum atomic E-state index is 14.6. The number of hydrogen-bond donors (Lipinski definition) is 3. The van der Waals surface area contributed by atoms with Crippen molar-refractivity contribution in [1.82, 2.24) is 35.1 Å². The first-order valence-electron chi connectivity index (χ1n) is 14.3. The second kappa shape index (κ2) is 7.18. The van der Waals surface area contributed by atoms with Gasteiger partial charge in [0.05, 0.1) is 11.7 Å². The molecule has 216 valence electrons. The minimum absolute atomic E-state index is 0.0188. The number of oxazole rings is 1. The summed E-state index contributed by atoms with van der Waals surface area (Å²) in [5.74, 6) is 1.85. The van der Waals surface area contributed by atoms with Crippen molar-refractivity contribution in [3.05, 3.63) is 63.8 Å². The summed E-state index contributed by atoms with van der Waals surface area (Å²) in [5, 5.41) is 12.8. The van der Waals surface area contributed by atoms with Crippen LogP contribution in [0.5, 0.6) is 0 Å². The maximum absolute atomic E-state index is 14.6. The topological polar surface area (TPSA) is 165 Å². The average Bonchev–Trinajstić information content (AvgIpc) is 3.70. The van der Waals surface area contributed by atoms with E-state index in [1.54, 1.807) is 25.2 Å². The van der Waals surface area contributed by atoms with Crippen LogP contribution in [-0.4, -0.2) is 55.8 Å². The van der Waals surface area contributed by atoms with E-state index >= 15 is 0 Å². The Morgan fingerprint density at radius 3 is 2.58 bits per heavy atom. The lowest BCUT2D eigenvalue weighted by molar-refractivity contribution is -0.635. The Morgan fingerprint density at radius 1 is 1.09 bits per heavy atom. The Labute approximate surface area is 240 Å². The van der Waals surface area contributed by atoms with Gasteiger partial charge in [0, 0.05) is 31.6 Å². The minimum Gasteiger partial charge on any atom is -0.408 e. The zero-order chi connectivity index (χ0) is 29.2. The van der Waals surface area contributed by atoms with Crippen molar-refractivity contribution in [1.29, 1.82) is 0 Å². The molecule has 0 atom stereocenters. The molecule has 4 heterocycles. The van der Waals surface area contributed by atoms with Gasteiger partial charge >= 0.3 is 5.76 Å². The van der Waals surface area contributed by atoms with Crippen molar-refractivity contribution in [3.63, 3.8) is 0 Å². The Kier molecular flexibility index (Phi) is 3.95. The van der Waals surface area contributed by atoms with E-state index < -0.39 is 23.4 Å². The second-order valence-corrected chi connectivity index (χ2v) is 12.8. The molecule has 1 aromatic carbocycles. The number of amidine groups is 1. The fourth-order valence-corrected chi connectivity index (χ4v) is 10.3. The number of nitrogens with zero attached hydrogens (tertiary/aromatic N) is 5. The van der Waals surface area contributed by atoms with Gasteiger partial charge in [-0.15, -0.1) is 0 Å². The number of carbonyl (C=O) groups excluding carboxylic acids is 3. The Bertz CT molecular complexity index is 2070. The quantitative estimate of drug-likeness (QED) is 0.281. The van der Waals surface area contributed by atoms with Gasteiger partial charge in [0.15, 0.2) is 17.0 Å². The van der Waals surface area contributed by atoms with E-state index in [0.29, 0.717) is 58.7 Å². The van der Waals surface area contributed by atoms with Crippen molar-refractivity contribution < 1.29 is 23.2 Å². The molecule has 0 bridgehead atoms. The van der Waals surface area contributed by atoms with Gasteiger partial charge < -0.3 is 20.4 Å². The normalized spacial score (nSPS) is 34.7. The first-order chi connectivity index (χ1) is 20.8. The van der Waals surface area contributed by atoms with E-state index in [-0.39, 0.29) is 46.9 Å². The Hall–Kier alpha value is -4.88. The highest BCUT2D eigenvalue weighted by molar-refractivity contribution is 6.10. The highest BCUT2D eigenvalue weighted by Gasteiger charge is 3.10. The van der Waals surface area contributed by atoms with Crippen LogP contribution in [0.15, 0.2) is 44.7 Å². The van der Waals surface area contributed by atoms with Gasteiger partial charge in [0.2, 0.25) is 5.91 Å². The van der Waals surface area contributed by atoms with E-state index in [0.717, 1.165) is 16.5 Å². The predicted molar refractivity (Wildman–Crippen MR) is 144 cm³/mol. The summed E-state index contributed by atoms with van der Waals surface area (Å²) in [5.41, 5.74) is 1.60. The predicted octanol–water partition coefficient (Wildman–Crippen LogP) is 0.239. The van der Waals surface area contributed by atoms with Crippen molar-refractivity contribution in [2.45, 2.75) is 6.54 Å². The molecule has 11 rings (SSSR count). The maximum Gasteiger partial charge on any atom is 0.419 e. The molecule has 0 unspecified atom stereocenters. The van der Waals surface area contributed by atoms with E-state index in [9.17, 15) is 23.6 Å². The standard InChI is InChI=1S/C29H23FN8O5/c1-37-13-4-10(2-3-15(13)43-27(37)42)6-31-24(40)12-5-14(38-23(35-12)11(30)7-34-38)25(41)33-9-28-17-20-18(28)22-19(28)21(17)29(20,22)26-32-8-16(39)36-26/h2-5,7,17-22H,6,8-9H2,1H3,(H,31,40)(H,33,41)(H,32,36,39). The minimum atomic E-state index is -0.747. The van der Waals surface area contributed by atoms with Crippen molar-refractivity contribution >= 4 is 40.3 Å². The van der Waals surface area contributed by atoms with Crippen LogP contribution in [0.25, 0.3) is 16.7 Å². The summed E-state index contributed by atoms with van der Waals surface area (Å²) < 4.78 is 22.2. The fourth-order valence-electron chi connectivity index (χ4n) is 10.3. The number of fused-ring (bicyclic) bond motifs is 2. The van der Waals surface area contributed by atoms with Crippen LogP contribution >= 0.6 is 0 Å². The molecule has 7 aliphatic rings. The van der Waals surface area contributed by atoms with Gasteiger partial charge in [0.1, 0.15) is 23.8 Å². The zero-order valence-corrected chi connectivity index (χ0v) is 22.6. The zero-order valence-electron chi connectivity index (χ0n) is 22.6. The van der Waals surface area contributed by atoms with Gasteiger partial charge in [-0.05, 0) is 58.6 Å². The number of hydrogen-bond acceptors (Lipinski definition) is 8. The van der Waals surface area contributed by atoms with Gasteiger partial charge in [-0.25, -0.2) is 18.7 Å². The van der Waals surface area contributed by atoms with E-state index in [1.807, 2.05) is 0 Å². The van der Waals surface area contributed by atoms with Gasteiger partial charge in [0.25, 0.3) is 11.8 Å². The molecule has 0 spiro atoms. The van der Waals surface area contributed by atoms with Crippen LogP contribution in [0.4, 0.5) is 4.39 Å². The number of amides is 3. The summed E-state index contributed by atoms with van der Waals surface area (Å²) in [6.07, 6.45) is 0.966. The Morgan fingerprint density at radius 2 is 1.86 bits per heavy atom. The van der Waals surface area contributed by atoms with E-state index in [4.69, 9.17) is 4.42 Å². The molecule has 14 heteroatoms. The average molecular weight is 583 g/mol. The number of rotatable bonds is 7. The molecule has 6 aliphatic carbocycles. The lowest BCUT2D eigenvalue weighted by atomic mass is 8.92. The van der Waals surface area contributed by atoms with Crippen molar-refractivity contribution in [2.24, 2.45) is 58.4 Å². The summed E-state index contributed by atoms with van der Waals surface area (Å²) >= 11 is 0. The first-order valence-corrected chi connectivity index (χ1v) is 14.3. The molecular weight excluding hydrogens is 559 g/mol. The molecule has 0 saturated heterocycles. The molecular formula is C29H23FN8O5. The lowest BCUT2D eigenvalue weighted by Crippen LogP contribution is -3.12. The van der Waals surface area contributed by atoms with Crippen LogP contribution in [0, 0.1) is 52.2 Å². The molecule has 3 N–H and O–H groups in total. The molecule has 6 saturated carbocycles. The van der Waals surface area contributed by atoms with Crippen molar-refractivity contribution in [2.75, 3.05) is 13.1 Å². The van der Waals surface area contributed by atoms with E-state index in [1.165, 1.54) is 10.6 Å². The summed E-state index contributed by atoms with van der Waals surface area (Å²) in [7, 11) is 1.59. The number of aliphatic imine (C=N–C) groups is 1. The molecule has 43 heavy (non-hydrogen) atoms. The third kappa shape index (κ3) is 2.37. The summed E-state index contributed by atoms with van der Waals surface area (Å²) in [4.78, 5) is 58.7. The van der Waals surface area contributed by atoms with Crippen LogP contribution in [0.1, 0.15) is 26.5 Å². The fraction of sp³-hybridized carbons (Fsp3) is 0.414. The molecule has 1 aliphatic heterocycles. The Balaban J connectivity index is 0.863. The molecule has 6 fully saturated rings. The number of benzene rings is 1. The number of halogens is 1. The highest BCUT2D eigenvalue weighted by Crippen LogP contribution is 3.10. The largest absolute Gasteiger partial charge is 0.419 e. The van der Waals surface area contributed by atoms with Gasteiger partial charge in [-0.1, -0.05) is 6.07 Å². The number of aryl methyl sites for hydroxylation is 1. The molecule has 3 aromatic heterocycles. The van der Waals surface area contributed by atoms with Crippen LogP contribution < -0.4 is 21.7 Å². The van der Waals surface area contributed by atoms with Crippen LogP contribution in [0.3, 0.4) is 0 Å².